The second-order valence-electron chi connectivity index (χ2n) is 4.46. The molecule has 0 saturated carbocycles. The molecule has 0 fully saturated rings. The summed E-state index contributed by atoms with van der Waals surface area (Å²) in [5, 5.41) is 7.61. The fourth-order valence-electron chi connectivity index (χ4n) is 1.84. The van der Waals surface area contributed by atoms with Gasteiger partial charge in [0, 0.05) is 42.9 Å². The van der Waals surface area contributed by atoms with Crippen LogP contribution in [0.3, 0.4) is 0 Å². The first-order valence-electron chi connectivity index (χ1n) is 6.09. The maximum absolute atomic E-state index is 4.16. The van der Waals surface area contributed by atoms with Gasteiger partial charge in [0.15, 0.2) is 0 Å². The van der Waals surface area contributed by atoms with Gasteiger partial charge in [0.05, 0.1) is 0 Å². The molecule has 1 heterocycles. The molecule has 2 rings (SSSR count). The van der Waals surface area contributed by atoms with Crippen LogP contribution in [-0.4, -0.2) is 16.3 Å². The van der Waals surface area contributed by atoms with Gasteiger partial charge >= 0.3 is 0 Å². The Morgan fingerprint density at radius 3 is 2.83 bits per heavy atom. The fourth-order valence-corrected chi connectivity index (χ4v) is 2.27. The third-order valence-corrected chi connectivity index (χ3v) is 3.90. The largest absolute Gasteiger partial charge is 0.312 e. The molecular weight excluding hydrogens is 290 g/mol. The van der Waals surface area contributed by atoms with Crippen LogP contribution in [0, 0.1) is 6.92 Å². The lowest BCUT2D eigenvalue weighted by Gasteiger charge is -2.07. The second kappa shape index (κ2) is 6.16. The molecule has 0 bridgehead atoms. The number of aromatic nitrogens is 2. The van der Waals surface area contributed by atoms with Gasteiger partial charge in [0.2, 0.25) is 0 Å². The summed E-state index contributed by atoms with van der Waals surface area (Å²) in [7, 11) is 1.98. The Balaban J connectivity index is 1.78. The van der Waals surface area contributed by atoms with Crippen LogP contribution in [0.25, 0.3) is 0 Å². The third-order valence-electron chi connectivity index (χ3n) is 3.05. The zero-order valence-electron chi connectivity index (χ0n) is 10.8. The summed E-state index contributed by atoms with van der Waals surface area (Å²) < 4.78 is 3.10. The van der Waals surface area contributed by atoms with E-state index >= 15 is 0 Å². The summed E-state index contributed by atoms with van der Waals surface area (Å²) in [4.78, 5) is 0. The standard InChI is InChI=1S/C14H18BrN3/c1-11-3-4-12(9-14(11)15)10-16-7-5-13-6-8-17-18(13)2/h3-4,6,8-9,16H,5,7,10H2,1-2H3. The molecule has 96 valence electrons. The summed E-state index contributed by atoms with van der Waals surface area (Å²) in [5.41, 5.74) is 3.83. The molecule has 1 aromatic heterocycles. The molecule has 0 unspecified atom stereocenters. The molecular formula is C14H18BrN3. The van der Waals surface area contributed by atoms with Crippen molar-refractivity contribution in [1.29, 1.82) is 0 Å². The van der Waals surface area contributed by atoms with Crippen LogP contribution in [0.2, 0.25) is 0 Å². The van der Waals surface area contributed by atoms with Crippen LogP contribution < -0.4 is 5.32 Å². The molecule has 3 nitrogen and oxygen atoms in total. The van der Waals surface area contributed by atoms with Crippen molar-refractivity contribution < 1.29 is 0 Å². The van der Waals surface area contributed by atoms with Crippen LogP contribution in [0.4, 0.5) is 0 Å². The van der Waals surface area contributed by atoms with Crippen LogP contribution in [0.15, 0.2) is 34.9 Å². The van der Waals surface area contributed by atoms with Crippen molar-refractivity contribution in [2.45, 2.75) is 19.9 Å². The van der Waals surface area contributed by atoms with Crippen LogP contribution in [0.1, 0.15) is 16.8 Å². The van der Waals surface area contributed by atoms with E-state index in [0.717, 1.165) is 19.5 Å². The van der Waals surface area contributed by atoms with E-state index in [0.29, 0.717) is 0 Å². The monoisotopic (exact) mass is 307 g/mol. The van der Waals surface area contributed by atoms with E-state index in [9.17, 15) is 0 Å². The Bertz CT molecular complexity index is 520. The van der Waals surface area contributed by atoms with Crippen molar-refractivity contribution in [1.82, 2.24) is 15.1 Å². The SMILES string of the molecule is Cc1ccc(CNCCc2ccnn2C)cc1Br. The van der Waals surface area contributed by atoms with E-state index in [-0.39, 0.29) is 0 Å². The lowest BCUT2D eigenvalue weighted by atomic mass is 10.1. The summed E-state index contributed by atoms with van der Waals surface area (Å²) >= 11 is 3.56. The maximum Gasteiger partial charge on any atom is 0.0492 e. The highest BCUT2D eigenvalue weighted by Crippen LogP contribution is 2.17. The van der Waals surface area contributed by atoms with Crippen molar-refractivity contribution in [2.24, 2.45) is 7.05 Å². The van der Waals surface area contributed by atoms with Gasteiger partial charge in [-0.05, 0) is 30.2 Å². The highest BCUT2D eigenvalue weighted by Gasteiger charge is 1.99. The van der Waals surface area contributed by atoms with Gasteiger partial charge in [0.1, 0.15) is 0 Å². The second-order valence-corrected chi connectivity index (χ2v) is 5.31. The number of aryl methyl sites for hydroxylation is 2. The number of hydrogen-bond acceptors (Lipinski definition) is 2. The number of benzene rings is 1. The molecule has 0 atom stereocenters. The number of rotatable bonds is 5. The first-order chi connectivity index (χ1) is 8.66. The van der Waals surface area contributed by atoms with Gasteiger partial charge in [-0.1, -0.05) is 28.1 Å². The molecule has 4 heteroatoms. The molecule has 0 saturated heterocycles. The molecule has 1 N–H and O–H groups in total. The lowest BCUT2D eigenvalue weighted by Crippen LogP contribution is -2.17. The first-order valence-corrected chi connectivity index (χ1v) is 6.89. The van der Waals surface area contributed by atoms with Gasteiger partial charge in [-0.2, -0.15) is 5.10 Å². The number of nitrogens with zero attached hydrogens (tertiary/aromatic N) is 2. The van der Waals surface area contributed by atoms with E-state index in [4.69, 9.17) is 0 Å². The zero-order valence-corrected chi connectivity index (χ0v) is 12.4. The summed E-state index contributed by atoms with van der Waals surface area (Å²) in [6, 6.07) is 8.54. The Labute approximate surface area is 116 Å². The topological polar surface area (TPSA) is 29.9 Å². The smallest absolute Gasteiger partial charge is 0.0492 e. The van der Waals surface area contributed by atoms with Gasteiger partial charge in [-0.25, -0.2) is 0 Å². The lowest BCUT2D eigenvalue weighted by molar-refractivity contribution is 0.643. The minimum absolute atomic E-state index is 0.900. The normalized spacial score (nSPS) is 10.8. The molecule has 0 aliphatic carbocycles. The Morgan fingerprint density at radius 1 is 1.33 bits per heavy atom. The molecule has 1 aromatic carbocycles. The average molecular weight is 308 g/mol. The highest BCUT2D eigenvalue weighted by molar-refractivity contribution is 9.10. The fraction of sp³-hybridized carbons (Fsp3) is 0.357. The van der Waals surface area contributed by atoms with Gasteiger partial charge in [-0.3, -0.25) is 4.68 Å². The Hall–Kier alpha value is -1.13. The van der Waals surface area contributed by atoms with Crippen molar-refractivity contribution in [3.05, 3.63) is 51.8 Å². The van der Waals surface area contributed by atoms with E-state index in [2.05, 4.69) is 57.5 Å². The first kappa shape index (κ1) is 13.3. The van der Waals surface area contributed by atoms with Crippen LogP contribution in [-0.2, 0) is 20.0 Å². The molecule has 0 spiro atoms. The van der Waals surface area contributed by atoms with Crippen molar-refractivity contribution >= 4 is 15.9 Å². The predicted molar refractivity (Wildman–Crippen MR) is 77.5 cm³/mol. The zero-order chi connectivity index (χ0) is 13.0. The van der Waals surface area contributed by atoms with Crippen LogP contribution in [0.5, 0.6) is 0 Å². The predicted octanol–water partition coefficient (Wildman–Crippen LogP) is 2.82. The third kappa shape index (κ3) is 3.43. The minimum atomic E-state index is 0.900. The number of hydrogen-bond donors (Lipinski definition) is 1. The highest BCUT2D eigenvalue weighted by atomic mass is 79.9. The van der Waals surface area contributed by atoms with Crippen molar-refractivity contribution in [2.75, 3.05) is 6.54 Å². The molecule has 0 radical (unpaired) electrons. The van der Waals surface area contributed by atoms with Crippen molar-refractivity contribution in [3.63, 3.8) is 0 Å². The molecule has 18 heavy (non-hydrogen) atoms. The molecule has 0 aliphatic rings. The summed E-state index contributed by atoms with van der Waals surface area (Å²) in [6.07, 6.45) is 2.84. The van der Waals surface area contributed by atoms with Gasteiger partial charge in [-0.15, -0.1) is 0 Å². The maximum atomic E-state index is 4.16. The van der Waals surface area contributed by atoms with E-state index in [1.165, 1.54) is 21.3 Å². The summed E-state index contributed by atoms with van der Waals surface area (Å²) in [5.74, 6) is 0. The minimum Gasteiger partial charge on any atom is -0.312 e. The molecule has 0 aliphatic heterocycles. The van der Waals surface area contributed by atoms with E-state index in [1.54, 1.807) is 0 Å². The Kier molecular flexibility index (Phi) is 4.55. The quantitative estimate of drug-likeness (QED) is 0.861. The van der Waals surface area contributed by atoms with Gasteiger partial charge in [0.25, 0.3) is 0 Å². The van der Waals surface area contributed by atoms with Gasteiger partial charge < -0.3 is 5.32 Å². The van der Waals surface area contributed by atoms with E-state index < -0.39 is 0 Å². The van der Waals surface area contributed by atoms with E-state index in [1.807, 2.05) is 17.9 Å². The Morgan fingerprint density at radius 2 is 2.17 bits per heavy atom. The number of nitrogens with one attached hydrogen (secondary N) is 1. The average Bonchev–Trinajstić information content (AvgIpc) is 2.75. The summed E-state index contributed by atoms with van der Waals surface area (Å²) in [6.45, 7) is 3.96. The molecule has 0 amide bonds. The number of halogens is 1. The van der Waals surface area contributed by atoms with Crippen LogP contribution >= 0.6 is 15.9 Å². The molecule has 2 aromatic rings. The van der Waals surface area contributed by atoms with Crippen molar-refractivity contribution in [3.8, 4) is 0 Å².